The lowest BCUT2D eigenvalue weighted by atomic mass is 9.88. The molecule has 0 N–H and O–H groups in total. The standard InChI is InChI=1S/C34H8F8N6/c35-31-27-21(13-47)23(15-1-5-19(6-2-15)33(37,38)39)25(17(9-43)10-44)29(27)32(36)30-26(18(11-45)12-46)24(22(14-48)28(30)31)16-3-7-20(8-4-16)34(40,41)42/h1-8H. The van der Waals surface area contributed by atoms with Crippen LogP contribution in [0.1, 0.15) is 44.5 Å². The number of alkyl halides is 6. The Morgan fingerprint density at radius 3 is 1.00 bits per heavy atom. The van der Waals surface area contributed by atoms with E-state index in [1.807, 2.05) is 0 Å². The summed E-state index contributed by atoms with van der Waals surface area (Å²) >= 11 is 0. The summed E-state index contributed by atoms with van der Waals surface area (Å²) in [5.41, 5.74) is -11.9. The van der Waals surface area contributed by atoms with Gasteiger partial charge in [-0.15, -0.1) is 0 Å². The van der Waals surface area contributed by atoms with Crippen molar-refractivity contribution in [2.45, 2.75) is 12.4 Å². The number of benzene rings is 3. The summed E-state index contributed by atoms with van der Waals surface area (Å²) < 4.78 is 113. The van der Waals surface area contributed by atoms with Gasteiger partial charge in [0.15, 0.2) is 0 Å². The summed E-state index contributed by atoms with van der Waals surface area (Å²) in [6.07, 6.45) is -9.59. The first kappa shape index (κ1) is 32.4. The van der Waals surface area contributed by atoms with Gasteiger partial charge in [-0.3, -0.25) is 0 Å². The van der Waals surface area contributed by atoms with Gasteiger partial charge in [-0.2, -0.15) is 57.9 Å². The molecular formula is C34H8F8N6. The van der Waals surface area contributed by atoms with Crippen molar-refractivity contribution in [2.75, 3.05) is 0 Å². The first-order chi connectivity index (χ1) is 22.7. The van der Waals surface area contributed by atoms with Crippen molar-refractivity contribution >= 4 is 33.4 Å². The van der Waals surface area contributed by atoms with Crippen LogP contribution in [-0.2, 0) is 12.4 Å². The number of hydrogen-bond donors (Lipinski definition) is 0. The van der Waals surface area contributed by atoms with Crippen molar-refractivity contribution in [1.29, 1.82) is 31.6 Å². The fraction of sp³-hybridized carbons (Fsp3) is 0.0588. The predicted octanol–water partition coefficient (Wildman–Crippen LogP) is 8.50. The minimum atomic E-state index is -4.79. The third-order valence-corrected chi connectivity index (χ3v) is 7.55. The molecule has 48 heavy (non-hydrogen) atoms. The summed E-state index contributed by atoms with van der Waals surface area (Å²) in [5, 5.41) is 59.5. The Morgan fingerprint density at radius 1 is 0.458 bits per heavy atom. The first-order valence-electron chi connectivity index (χ1n) is 13.0. The van der Waals surface area contributed by atoms with Gasteiger partial charge in [0.1, 0.15) is 59.2 Å². The number of halogens is 8. The van der Waals surface area contributed by atoms with Gasteiger partial charge in [0.2, 0.25) is 0 Å². The molecule has 0 fully saturated rings. The monoisotopic (exact) mass is 652 g/mol. The highest BCUT2D eigenvalue weighted by Crippen LogP contribution is 2.57. The van der Waals surface area contributed by atoms with Gasteiger partial charge in [0, 0.05) is 44.5 Å². The van der Waals surface area contributed by atoms with Crippen LogP contribution in [0.2, 0.25) is 0 Å². The van der Waals surface area contributed by atoms with Crippen molar-refractivity contribution in [1.82, 2.24) is 0 Å². The van der Waals surface area contributed by atoms with Crippen LogP contribution in [0.5, 0.6) is 0 Å². The molecule has 230 valence electrons. The van der Waals surface area contributed by atoms with Crippen molar-refractivity contribution in [3.63, 3.8) is 0 Å². The molecule has 0 aliphatic heterocycles. The fourth-order valence-electron chi connectivity index (χ4n) is 5.60. The van der Waals surface area contributed by atoms with E-state index >= 15 is 8.78 Å². The smallest absolute Gasteiger partial charge is 0.206 e. The minimum absolute atomic E-state index is 0.250. The molecule has 0 unspecified atom stereocenters. The molecule has 2 aliphatic carbocycles. The van der Waals surface area contributed by atoms with E-state index in [1.165, 1.54) is 24.3 Å². The lowest BCUT2D eigenvalue weighted by Crippen LogP contribution is -2.05. The quantitative estimate of drug-likeness (QED) is 0.201. The first-order valence-corrected chi connectivity index (χ1v) is 13.0. The number of fused-ring (bicyclic) bond motifs is 2. The van der Waals surface area contributed by atoms with Crippen LogP contribution in [0.15, 0.2) is 59.7 Å². The molecule has 2 aliphatic rings. The SMILES string of the molecule is N#CC(C#N)=C1C(c2ccc(C(F)(F)F)cc2)=C(C#N)c2c(F)c3c(c(F)c21)C(=C(C#N)C#N)C(c1ccc(C(F)(F)F)cc1)=C3C#N. The largest absolute Gasteiger partial charge is 0.416 e. The van der Waals surface area contributed by atoms with E-state index in [-0.39, 0.29) is 11.1 Å². The molecule has 3 aromatic rings. The lowest BCUT2D eigenvalue weighted by Gasteiger charge is -2.15. The molecule has 0 saturated carbocycles. The van der Waals surface area contributed by atoms with E-state index in [0.29, 0.717) is 24.3 Å². The third-order valence-electron chi connectivity index (χ3n) is 7.55. The van der Waals surface area contributed by atoms with E-state index in [9.17, 15) is 57.9 Å². The third kappa shape index (κ3) is 4.74. The van der Waals surface area contributed by atoms with E-state index < -0.39 is 102 Å². The average Bonchev–Trinajstić information content (AvgIpc) is 3.59. The summed E-state index contributed by atoms with van der Waals surface area (Å²) in [4.78, 5) is 0. The zero-order valence-electron chi connectivity index (χ0n) is 23.3. The number of allylic oxidation sites excluding steroid dienone is 8. The van der Waals surface area contributed by atoms with Gasteiger partial charge >= 0.3 is 12.4 Å². The lowest BCUT2D eigenvalue weighted by molar-refractivity contribution is -0.138. The molecule has 0 saturated heterocycles. The number of nitriles is 6. The Labute approximate surface area is 264 Å². The van der Waals surface area contributed by atoms with E-state index in [0.717, 1.165) is 24.3 Å². The maximum absolute atomic E-state index is 17.0. The molecule has 6 nitrogen and oxygen atoms in total. The van der Waals surface area contributed by atoms with Crippen LogP contribution < -0.4 is 0 Å². The fourth-order valence-corrected chi connectivity index (χ4v) is 5.60. The van der Waals surface area contributed by atoms with Gasteiger partial charge in [-0.25, -0.2) is 8.78 Å². The normalized spacial score (nSPS) is 13.5. The van der Waals surface area contributed by atoms with Gasteiger partial charge in [-0.1, -0.05) is 24.3 Å². The van der Waals surface area contributed by atoms with Crippen LogP contribution in [0.25, 0.3) is 33.4 Å². The van der Waals surface area contributed by atoms with Crippen LogP contribution in [0.3, 0.4) is 0 Å². The minimum Gasteiger partial charge on any atom is -0.206 e. The average molecular weight is 652 g/mol. The molecule has 14 heteroatoms. The molecule has 0 amide bonds. The van der Waals surface area contributed by atoms with Crippen molar-refractivity contribution in [3.8, 4) is 36.4 Å². The van der Waals surface area contributed by atoms with Gasteiger partial charge in [0.05, 0.1) is 22.3 Å². The Hall–Kier alpha value is -7.00. The Kier molecular flexibility index (Phi) is 7.71. The molecule has 0 spiro atoms. The Bertz CT molecular complexity index is 2170. The van der Waals surface area contributed by atoms with Crippen LogP contribution in [0, 0.1) is 79.6 Å². The maximum Gasteiger partial charge on any atom is 0.416 e. The molecule has 3 aromatic carbocycles. The van der Waals surface area contributed by atoms with Crippen LogP contribution in [0.4, 0.5) is 35.1 Å². The van der Waals surface area contributed by atoms with E-state index in [4.69, 9.17) is 0 Å². The van der Waals surface area contributed by atoms with E-state index in [2.05, 4.69) is 0 Å². The van der Waals surface area contributed by atoms with Crippen LogP contribution >= 0.6 is 0 Å². The predicted molar refractivity (Wildman–Crippen MR) is 150 cm³/mol. The Balaban J connectivity index is 1.95. The number of nitrogens with zero attached hydrogens (tertiary/aromatic N) is 6. The number of hydrogen-bond acceptors (Lipinski definition) is 6. The molecule has 0 heterocycles. The second-order valence-corrected chi connectivity index (χ2v) is 9.95. The molecule has 0 bridgehead atoms. The van der Waals surface area contributed by atoms with Gasteiger partial charge < -0.3 is 0 Å². The second-order valence-electron chi connectivity index (χ2n) is 9.95. The summed E-state index contributed by atoms with van der Waals surface area (Å²) in [5.74, 6) is -3.03. The molecule has 0 atom stereocenters. The zero-order chi connectivity index (χ0) is 35.3. The van der Waals surface area contributed by atoms with Gasteiger partial charge in [-0.05, 0) is 35.4 Å². The highest BCUT2D eigenvalue weighted by Gasteiger charge is 2.44. The van der Waals surface area contributed by atoms with Gasteiger partial charge in [0.25, 0.3) is 0 Å². The summed E-state index contributed by atoms with van der Waals surface area (Å²) in [7, 11) is 0. The summed E-state index contributed by atoms with van der Waals surface area (Å²) in [6, 6.07) is 15.1. The molecular weight excluding hydrogens is 644 g/mol. The molecule has 0 radical (unpaired) electrons. The zero-order valence-corrected chi connectivity index (χ0v) is 23.3. The van der Waals surface area contributed by atoms with Crippen LogP contribution in [-0.4, -0.2) is 0 Å². The number of rotatable bonds is 2. The summed E-state index contributed by atoms with van der Waals surface area (Å²) in [6.45, 7) is 0. The maximum atomic E-state index is 17.0. The highest BCUT2D eigenvalue weighted by molar-refractivity contribution is 6.30. The second kappa shape index (κ2) is 11.4. The van der Waals surface area contributed by atoms with E-state index in [1.54, 1.807) is 12.1 Å². The van der Waals surface area contributed by atoms with Crippen molar-refractivity contribution < 1.29 is 35.1 Å². The van der Waals surface area contributed by atoms with Crippen molar-refractivity contribution in [3.05, 3.63) is 116 Å². The molecule has 0 aromatic heterocycles. The van der Waals surface area contributed by atoms with Crippen molar-refractivity contribution in [2.24, 2.45) is 0 Å². The Morgan fingerprint density at radius 2 is 0.750 bits per heavy atom. The topological polar surface area (TPSA) is 143 Å². The molecule has 5 rings (SSSR count). The highest BCUT2D eigenvalue weighted by atomic mass is 19.4.